The monoisotopic (exact) mass is 359 g/mol. The van der Waals surface area contributed by atoms with E-state index >= 15 is 0 Å². The summed E-state index contributed by atoms with van der Waals surface area (Å²) in [6.07, 6.45) is 1.71. The van der Waals surface area contributed by atoms with Gasteiger partial charge in [-0.1, -0.05) is 48.5 Å². The van der Waals surface area contributed by atoms with Gasteiger partial charge in [0.15, 0.2) is 0 Å². The molecule has 0 unspecified atom stereocenters. The van der Waals surface area contributed by atoms with Crippen LogP contribution in [0.4, 0.5) is 11.5 Å². The number of nitrogens with zero attached hydrogens (tertiary/aromatic N) is 2. The summed E-state index contributed by atoms with van der Waals surface area (Å²) >= 11 is 0. The van der Waals surface area contributed by atoms with Crippen LogP contribution in [0.25, 0.3) is 0 Å². The lowest BCUT2D eigenvalue weighted by atomic mass is 10.1. The molecule has 2 aromatic carbocycles. The molecule has 1 amide bonds. The van der Waals surface area contributed by atoms with Crippen molar-refractivity contribution in [3.63, 3.8) is 0 Å². The summed E-state index contributed by atoms with van der Waals surface area (Å²) in [6, 6.07) is 22.1. The number of pyridine rings is 1. The molecule has 1 N–H and O–H groups in total. The molecule has 3 rings (SSSR count). The summed E-state index contributed by atoms with van der Waals surface area (Å²) in [6.45, 7) is 7.03. The second-order valence-corrected chi connectivity index (χ2v) is 6.88. The molecule has 0 saturated heterocycles. The summed E-state index contributed by atoms with van der Waals surface area (Å²) in [5.41, 5.74) is 3.56. The summed E-state index contributed by atoms with van der Waals surface area (Å²) in [7, 11) is 0. The van der Waals surface area contributed by atoms with E-state index in [0.29, 0.717) is 17.3 Å². The molecule has 1 aromatic heterocycles. The molecule has 4 nitrogen and oxygen atoms in total. The van der Waals surface area contributed by atoms with E-state index in [2.05, 4.69) is 41.2 Å². The van der Waals surface area contributed by atoms with Gasteiger partial charge in [0.1, 0.15) is 5.82 Å². The summed E-state index contributed by atoms with van der Waals surface area (Å²) in [5.74, 6) is 0.774. The minimum absolute atomic E-state index is 0.118. The number of carbonyl (C=O) groups is 1. The van der Waals surface area contributed by atoms with Gasteiger partial charge in [0.05, 0.1) is 11.9 Å². The third-order valence-electron chi connectivity index (χ3n) is 4.51. The Morgan fingerprint density at radius 1 is 1.00 bits per heavy atom. The molecular weight excluding hydrogens is 334 g/mol. The molecule has 0 bridgehead atoms. The van der Waals surface area contributed by atoms with Crippen molar-refractivity contribution in [1.82, 2.24) is 4.98 Å². The van der Waals surface area contributed by atoms with Crippen LogP contribution in [-0.4, -0.2) is 16.9 Å². The van der Waals surface area contributed by atoms with E-state index in [0.717, 1.165) is 17.9 Å². The van der Waals surface area contributed by atoms with Crippen LogP contribution >= 0.6 is 0 Å². The van der Waals surface area contributed by atoms with Gasteiger partial charge in [-0.25, -0.2) is 4.98 Å². The number of anilines is 2. The van der Waals surface area contributed by atoms with Crippen molar-refractivity contribution < 1.29 is 4.79 Å². The van der Waals surface area contributed by atoms with Crippen molar-refractivity contribution in [2.24, 2.45) is 0 Å². The molecule has 0 atom stereocenters. The largest absolute Gasteiger partial charge is 0.350 e. The van der Waals surface area contributed by atoms with Crippen molar-refractivity contribution >= 4 is 17.4 Å². The Balaban J connectivity index is 1.73. The van der Waals surface area contributed by atoms with Crippen LogP contribution < -0.4 is 10.2 Å². The number of carbonyl (C=O) groups excluding carboxylic acids is 1. The zero-order chi connectivity index (χ0) is 19.2. The van der Waals surface area contributed by atoms with Gasteiger partial charge in [-0.15, -0.1) is 0 Å². The van der Waals surface area contributed by atoms with Gasteiger partial charge in [-0.3, -0.25) is 4.79 Å². The van der Waals surface area contributed by atoms with Crippen molar-refractivity contribution in [3.05, 3.63) is 89.6 Å². The number of rotatable bonds is 6. The van der Waals surface area contributed by atoms with Crippen LogP contribution in [0, 0.1) is 6.92 Å². The van der Waals surface area contributed by atoms with Gasteiger partial charge >= 0.3 is 0 Å². The van der Waals surface area contributed by atoms with E-state index in [4.69, 9.17) is 0 Å². The molecule has 0 radical (unpaired) electrons. The number of benzene rings is 2. The van der Waals surface area contributed by atoms with Crippen LogP contribution in [0.2, 0.25) is 0 Å². The SMILES string of the molecule is Cc1ccccc1C(=O)Nc1ccc(N(Cc2ccccc2)C(C)C)nc1. The maximum Gasteiger partial charge on any atom is 0.255 e. The van der Waals surface area contributed by atoms with Crippen LogP contribution in [-0.2, 0) is 6.54 Å². The highest BCUT2D eigenvalue weighted by atomic mass is 16.1. The number of hydrogen-bond acceptors (Lipinski definition) is 3. The Hall–Kier alpha value is -3.14. The lowest BCUT2D eigenvalue weighted by molar-refractivity contribution is 0.102. The fourth-order valence-corrected chi connectivity index (χ4v) is 2.96. The van der Waals surface area contributed by atoms with Crippen LogP contribution in [0.1, 0.15) is 35.3 Å². The van der Waals surface area contributed by atoms with Crippen molar-refractivity contribution in [2.45, 2.75) is 33.4 Å². The molecule has 4 heteroatoms. The molecule has 1 heterocycles. The number of amides is 1. The normalized spacial score (nSPS) is 10.7. The first-order valence-corrected chi connectivity index (χ1v) is 9.18. The molecule has 0 aliphatic rings. The van der Waals surface area contributed by atoms with E-state index in [1.165, 1.54) is 5.56 Å². The second-order valence-electron chi connectivity index (χ2n) is 6.88. The Labute approximate surface area is 160 Å². The minimum Gasteiger partial charge on any atom is -0.350 e. The molecular formula is C23H25N3O. The Morgan fingerprint density at radius 3 is 2.33 bits per heavy atom. The molecule has 0 saturated carbocycles. The topological polar surface area (TPSA) is 45.2 Å². The first kappa shape index (κ1) is 18.6. The van der Waals surface area contributed by atoms with Crippen LogP contribution in [0.3, 0.4) is 0 Å². The first-order valence-electron chi connectivity index (χ1n) is 9.18. The van der Waals surface area contributed by atoms with E-state index in [1.54, 1.807) is 6.20 Å². The van der Waals surface area contributed by atoms with Gasteiger partial charge in [0.2, 0.25) is 0 Å². The standard InChI is InChI=1S/C23H25N3O/c1-17(2)26(16-19-10-5-4-6-11-19)22-14-13-20(15-24-22)25-23(27)21-12-8-7-9-18(21)3/h4-15,17H,16H2,1-3H3,(H,25,27). The summed E-state index contributed by atoms with van der Waals surface area (Å²) in [4.78, 5) is 19.3. The Kier molecular flexibility index (Phi) is 5.87. The lowest BCUT2D eigenvalue weighted by Crippen LogP contribution is -2.30. The van der Waals surface area contributed by atoms with Crippen molar-refractivity contribution in [3.8, 4) is 0 Å². The lowest BCUT2D eigenvalue weighted by Gasteiger charge is -2.28. The fraction of sp³-hybridized carbons (Fsp3) is 0.217. The highest BCUT2D eigenvalue weighted by Gasteiger charge is 2.13. The third-order valence-corrected chi connectivity index (χ3v) is 4.51. The van der Waals surface area contributed by atoms with Crippen LogP contribution in [0.5, 0.6) is 0 Å². The molecule has 3 aromatic rings. The molecule has 0 spiro atoms. The van der Waals surface area contributed by atoms with Gasteiger partial charge in [0.25, 0.3) is 5.91 Å². The highest BCUT2D eigenvalue weighted by Crippen LogP contribution is 2.20. The average Bonchev–Trinajstić information content (AvgIpc) is 2.68. The first-order chi connectivity index (χ1) is 13.0. The summed E-state index contributed by atoms with van der Waals surface area (Å²) in [5, 5.41) is 2.92. The van der Waals surface area contributed by atoms with Gasteiger partial charge in [-0.2, -0.15) is 0 Å². The molecule has 138 valence electrons. The molecule has 0 aliphatic carbocycles. The van der Waals surface area contributed by atoms with E-state index in [1.807, 2.05) is 61.5 Å². The quantitative estimate of drug-likeness (QED) is 0.669. The van der Waals surface area contributed by atoms with E-state index < -0.39 is 0 Å². The Bertz CT molecular complexity index is 889. The van der Waals surface area contributed by atoms with Crippen molar-refractivity contribution in [2.75, 3.05) is 10.2 Å². The predicted molar refractivity (Wildman–Crippen MR) is 111 cm³/mol. The number of aromatic nitrogens is 1. The molecule has 27 heavy (non-hydrogen) atoms. The van der Waals surface area contributed by atoms with E-state index in [9.17, 15) is 4.79 Å². The predicted octanol–water partition coefficient (Wildman–Crippen LogP) is 5.06. The number of aryl methyl sites for hydroxylation is 1. The molecule has 0 aliphatic heterocycles. The fourth-order valence-electron chi connectivity index (χ4n) is 2.96. The average molecular weight is 359 g/mol. The number of hydrogen-bond donors (Lipinski definition) is 1. The highest BCUT2D eigenvalue weighted by molar-refractivity contribution is 6.05. The van der Waals surface area contributed by atoms with Gasteiger partial charge < -0.3 is 10.2 Å². The minimum atomic E-state index is -0.118. The number of nitrogens with one attached hydrogen (secondary N) is 1. The van der Waals surface area contributed by atoms with Crippen LogP contribution in [0.15, 0.2) is 72.9 Å². The smallest absolute Gasteiger partial charge is 0.255 e. The maximum atomic E-state index is 12.5. The summed E-state index contributed by atoms with van der Waals surface area (Å²) < 4.78 is 0. The maximum absolute atomic E-state index is 12.5. The van der Waals surface area contributed by atoms with Crippen molar-refractivity contribution in [1.29, 1.82) is 0 Å². The van der Waals surface area contributed by atoms with Gasteiger partial charge in [0, 0.05) is 18.2 Å². The zero-order valence-electron chi connectivity index (χ0n) is 16.0. The third kappa shape index (κ3) is 4.73. The second kappa shape index (κ2) is 8.49. The van der Waals surface area contributed by atoms with E-state index in [-0.39, 0.29) is 5.91 Å². The Morgan fingerprint density at radius 2 is 1.70 bits per heavy atom. The van der Waals surface area contributed by atoms with Gasteiger partial charge in [-0.05, 0) is 50.1 Å². The zero-order valence-corrected chi connectivity index (χ0v) is 16.0. The molecule has 0 fully saturated rings.